The Hall–Kier alpha value is -1.65. The van der Waals surface area contributed by atoms with E-state index in [0.29, 0.717) is 24.0 Å². The van der Waals surface area contributed by atoms with Gasteiger partial charge in [0.2, 0.25) is 6.08 Å². The predicted octanol–water partition coefficient (Wildman–Crippen LogP) is 1.82. The lowest BCUT2D eigenvalue weighted by Crippen LogP contribution is -2.33. The van der Waals surface area contributed by atoms with Gasteiger partial charge < -0.3 is 5.11 Å². The van der Waals surface area contributed by atoms with Gasteiger partial charge in [0.25, 0.3) is 0 Å². The zero-order valence-corrected chi connectivity index (χ0v) is 11.6. The van der Waals surface area contributed by atoms with Crippen LogP contribution in [0.3, 0.4) is 0 Å². The lowest BCUT2D eigenvalue weighted by molar-refractivity contribution is 0.250. The first-order valence-electron chi connectivity index (χ1n) is 5.93. The molecule has 1 aliphatic carbocycles. The Labute approximate surface area is 111 Å². The molecule has 0 saturated heterocycles. The summed E-state index contributed by atoms with van der Waals surface area (Å²) in [5.41, 5.74) is 0.0344. The highest BCUT2D eigenvalue weighted by Gasteiger charge is 2.42. The second-order valence-electron chi connectivity index (χ2n) is 5.00. The van der Waals surface area contributed by atoms with E-state index in [0.717, 1.165) is 12.7 Å². The standard InChI is InChI=1S/C13H15NO4S/c1-9-6-12(19(2,17)18)10(7-11(9)16)13(14-8-15)4-3-5-13/h6-7,16H,3-5H2,1-2H3. The van der Waals surface area contributed by atoms with E-state index in [2.05, 4.69) is 4.99 Å². The largest absolute Gasteiger partial charge is 0.508 e. The highest BCUT2D eigenvalue weighted by atomic mass is 32.2. The van der Waals surface area contributed by atoms with E-state index < -0.39 is 15.4 Å². The van der Waals surface area contributed by atoms with Gasteiger partial charge in [0.1, 0.15) is 5.75 Å². The van der Waals surface area contributed by atoms with Crippen LogP contribution in [0.5, 0.6) is 5.75 Å². The Bertz CT molecular complexity index is 668. The molecule has 0 spiro atoms. The number of phenolic OH excluding ortho intramolecular Hbond substituents is 1. The number of sulfone groups is 1. The lowest BCUT2D eigenvalue weighted by Gasteiger charge is -2.38. The van der Waals surface area contributed by atoms with E-state index >= 15 is 0 Å². The maximum Gasteiger partial charge on any atom is 0.235 e. The van der Waals surface area contributed by atoms with E-state index in [1.54, 1.807) is 6.92 Å². The zero-order valence-electron chi connectivity index (χ0n) is 10.8. The Morgan fingerprint density at radius 1 is 1.37 bits per heavy atom. The molecule has 0 atom stereocenters. The Morgan fingerprint density at radius 3 is 2.42 bits per heavy atom. The molecule has 0 amide bonds. The third-order valence-electron chi connectivity index (χ3n) is 3.64. The number of aryl methyl sites for hydroxylation is 1. The van der Waals surface area contributed by atoms with E-state index in [-0.39, 0.29) is 10.6 Å². The monoisotopic (exact) mass is 281 g/mol. The third kappa shape index (κ3) is 2.29. The second kappa shape index (κ2) is 4.47. The van der Waals surface area contributed by atoms with Crippen LogP contribution in [0.15, 0.2) is 22.0 Å². The molecule has 1 fully saturated rings. The number of nitrogens with zero attached hydrogens (tertiary/aromatic N) is 1. The Kier molecular flexibility index (Phi) is 3.24. The molecule has 0 aromatic heterocycles. The van der Waals surface area contributed by atoms with Gasteiger partial charge in [-0.25, -0.2) is 13.2 Å². The molecule has 1 aromatic carbocycles. The molecule has 1 aromatic rings. The summed E-state index contributed by atoms with van der Waals surface area (Å²) in [6, 6.07) is 2.84. The molecule has 1 aliphatic rings. The lowest BCUT2D eigenvalue weighted by atomic mass is 9.72. The Balaban J connectivity index is 2.75. The minimum atomic E-state index is -3.45. The highest BCUT2D eigenvalue weighted by molar-refractivity contribution is 7.90. The fraction of sp³-hybridized carbons (Fsp3) is 0.462. The summed E-state index contributed by atoms with van der Waals surface area (Å²) in [6.07, 6.45) is 4.68. The number of hydrogen-bond acceptors (Lipinski definition) is 5. The summed E-state index contributed by atoms with van der Waals surface area (Å²) in [4.78, 5) is 14.5. The first-order chi connectivity index (χ1) is 8.80. The van der Waals surface area contributed by atoms with E-state index in [1.807, 2.05) is 0 Å². The van der Waals surface area contributed by atoms with Crippen molar-refractivity contribution in [2.75, 3.05) is 6.26 Å². The highest BCUT2D eigenvalue weighted by Crippen LogP contribution is 2.48. The van der Waals surface area contributed by atoms with Crippen molar-refractivity contribution in [3.8, 4) is 5.75 Å². The molecule has 0 radical (unpaired) electrons. The van der Waals surface area contributed by atoms with Crippen LogP contribution in [0.1, 0.15) is 30.4 Å². The van der Waals surface area contributed by atoms with Gasteiger partial charge >= 0.3 is 0 Å². The van der Waals surface area contributed by atoms with Crippen LogP contribution in [-0.2, 0) is 20.2 Å². The van der Waals surface area contributed by atoms with Gasteiger partial charge in [-0.1, -0.05) is 0 Å². The van der Waals surface area contributed by atoms with Crippen LogP contribution < -0.4 is 0 Å². The van der Waals surface area contributed by atoms with Crippen molar-refractivity contribution in [3.63, 3.8) is 0 Å². The quantitative estimate of drug-likeness (QED) is 0.676. The van der Waals surface area contributed by atoms with Crippen LogP contribution in [0.25, 0.3) is 0 Å². The fourth-order valence-electron chi connectivity index (χ4n) is 2.38. The molecule has 6 heteroatoms. The summed E-state index contributed by atoms with van der Waals surface area (Å²) in [5, 5.41) is 9.81. The first kappa shape index (κ1) is 13.8. The topological polar surface area (TPSA) is 83.8 Å². The van der Waals surface area contributed by atoms with E-state index in [9.17, 15) is 18.3 Å². The van der Waals surface area contributed by atoms with Gasteiger partial charge in [-0.3, -0.25) is 0 Å². The van der Waals surface area contributed by atoms with Gasteiger partial charge in [0.15, 0.2) is 9.84 Å². The number of carbonyl (C=O) groups excluding carboxylic acids is 1. The van der Waals surface area contributed by atoms with Crippen LogP contribution in [0.2, 0.25) is 0 Å². The SMILES string of the molecule is Cc1cc(S(C)(=O)=O)c(C2(N=C=O)CCC2)cc1O. The van der Waals surface area contributed by atoms with Crippen molar-refractivity contribution in [2.24, 2.45) is 4.99 Å². The molecule has 2 rings (SSSR count). The van der Waals surface area contributed by atoms with Crippen molar-refractivity contribution >= 4 is 15.9 Å². The Morgan fingerprint density at radius 2 is 2.00 bits per heavy atom. The van der Waals surface area contributed by atoms with E-state index in [4.69, 9.17) is 0 Å². The van der Waals surface area contributed by atoms with Crippen LogP contribution in [0, 0.1) is 6.92 Å². The summed E-state index contributed by atoms with van der Waals surface area (Å²) < 4.78 is 23.8. The second-order valence-corrected chi connectivity index (χ2v) is 6.98. The molecule has 0 aliphatic heterocycles. The predicted molar refractivity (Wildman–Crippen MR) is 69.6 cm³/mol. The first-order valence-corrected chi connectivity index (χ1v) is 7.82. The molecule has 1 N–H and O–H groups in total. The van der Waals surface area contributed by atoms with Crippen LogP contribution >= 0.6 is 0 Å². The summed E-state index contributed by atoms with van der Waals surface area (Å²) in [7, 11) is -3.45. The van der Waals surface area contributed by atoms with Gasteiger partial charge in [-0.15, -0.1) is 0 Å². The number of phenols is 1. The summed E-state index contributed by atoms with van der Waals surface area (Å²) in [5.74, 6) is 0.00905. The van der Waals surface area contributed by atoms with E-state index in [1.165, 1.54) is 18.2 Å². The molecule has 0 unspecified atom stereocenters. The van der Waals surface area contributed by atoms with Crippen molar-refractivity contribution in [3.05, 3.63) is 23.3 Å². The van der Waals surface area contributed by atoms with Gasteiger partial charge in [0, 0.05) is 11.8 Å². The average Bonchev–Trinajstić information content (AvgIpc) is 2.25. The number of benzene rings is 1. The molecule has 102 valence electrons. The van der Waals surface area contributed by atoms with Crippen molar-refractivity contribution in [1.82, 2.24) is 0 Å². The maximum atomic E-state index is 11.9. The summed E-state index contributed by atoms with van der Waals surface area (Å²) >= 11 is 0. The normalized spacial score (nSPS) is 17.4. The minimum Gasteiger partial charge on any atom is -0.508 e. The molecule has 0 bridgehead atoms. The van der Waals surface area contributed by atoms with Crippen LogP contribution in [0.4, 0.5) is 0 Å². The molecule has 19 heavy (non-hydrogen) atoms. The van der Waals surface area contributed by atoms with Gasteiger partial charge in [-0.05, 0) is 43.9 Å². The zero-order chi connectivity index (χ0) is 14.3. The summed E-state index contributed by atoms with van der Waals surface area (Å²) in [6.45, 7) is 1.63. The van der Waals surface area contributed by atoms with Gasteiger partial charge in [-0.2, -0.15) is 4.99 Å². The number of aliphatic imine (C=N–C) groups is 1. The molecular formula is C13H15NO4S. The number of rotatable bonds is 3. The van der Waals surface area contributed by atoms with Crippen molar-refractivity contribution in [2.45, 2.75) is 36.6 Å². The smallest absolute Gasteiger partial charge is 0.235 e. The number of isocyanates is 1. The molecule has 0 heterocycles. The minimum absolute atomic E-state index is 0.00905. The molecule has 5 nitrogen and oxygen atoms in total. The van der Waals surface area contributed by atoms with Crippen molar-refractivity contribution in [1.29, 1.82) is 0 Å². The molecule has 1 saturated carbocycles. The average molecular weight is 281 g/mol. The van der Waals surface area contributed by atoms with Gasteiger partial charge in [0.05, 0.1) is 10.4 Å². The fourth-order valence-corrected chi connectivity index (χ4v) is 3.42. The number of hydrogen-bond donors (Lipinski definition) is 1. The van der Waals surface area contributed by atoms with Crippen molar-refractivity contribution < 1.29 is 18.3 Å². The maximum absolute atomic E-state index is 11.9. The third-order valence-corrected chi connectivity index (χ3v) is 4.78. The van der Waals surface area contributed by atoms with Crippen LogP contribution in [-0.4, -0.2) is 25.9 Å². The molecular weight excluding hydrogens is 266 g/mol. The number of aromatic hydroxyl groups is 1.